The van der Waals surface area contributed by atoms with Gasteiger partial charge in [0.25, 0.3) is 5.91 Å². The lowest BCUT2D eigenvalue weighted by Crippen LogP contribution is -2.13. The predicted octanol–water partition coefficient (Wildman–Crippen LogP) is 5.02. The fourth-order valence-electron chi connectivity index (χ4n) is 3.07. The van der Waals surface area contributed by atoms with Crippen molar-refractivity contribution in [2.75, 3.05) is 5.32 Å². The molecule has 0 spiro atoms. The number of anilines is 1. The highest BCUT2D eigenvalue weighted by molar-refractivity contribution is 6.06. The summed E-state index contributed by atoms with van der Waals surface area (Å²) < 4.78 is 0. The molecule has 1 aromatic heterocycles. The molecule has 0 fully saturated rings. The van der Waals surface area contributed by atoms with Gasteiger partial charge in [-0.05, 0) is 54.5 Å². The number of aryl methyl sites for hydroxylation is 1. The van der Waals surface area contributed by atoms with Gasteiger partial charge in [-0.2, -0.15) is 0 Å². The summed E-state index contributed by atoms with van der Waals surface area (Å²) in [5.41, 5.74) is 4.59. The van der Waals surface area contributed by atoms with Gasteiger partial charge in [0, 0.05) is 11.3 Å². The zero-order chi connectivity index (χ0) is 20.2. The molecule has 29 heavy (non-hydrogen) atoms. The third-order valence-electron chi connectivity index (χ3n) is 4.58. The number of hydrogen-bond acceptors (Lipinski definition) is 3. The van der Waals surface area contributed by atoms with Gasteiger partial charge >= 0.3 is 0 Å². The van der Waals surface area contributed by atoms with Crippen molar-refractivity contribution in [1.82, 2.24) is 9.97 Å². The number of amides is 1. The number of aromatic nitrogens is 2. The average Bonchev–Trinajstić information content (AvgIpc) is 3.17. The first-order valence-electron chi connectivity index (χ1n) is 9.24. The molecule has 4 aromatic rings. The van der Waals surface area contributed by atoms with Gasteiger partial charge in [0.1, 0.15) is 0 Å². The van der Waals surface area contributed by atoms with E-state index in [0.717, 1.165) is 22.2 Å². The van der Waals surface area contributed by atoms with E-state index in [-0.39, 0.29) is 11.7 Å². The lowest BCUT2D eigenvalue weighted by Gasteiger charge is -2.08. The van der Waals surface area contributed by atoms with Crippen LogP contribution in [0.3, 0.4) is 0 Å². The molecule has 0 saturated heterocycles. The molecule has 1 heterocycles. The highest BCUT2D eigenvalue weighted by Crippen LogP contribution is 2.16. The molecule has 1 amide bonds. The van der Waals surface area contributed by atoms with E-state index in [1.807, 2.05) is 73.7 Å². The van der Waals surface area contributed by atoms with Crippen LogP contribution >= 0.6 is 0 Å². The number of H-pyrrole nitrogens is 1. The maximum Gasteiger partial charge on any atom is 0.255 e. The standard InChI is InChI=1S/C24H19N3O2/c1-16-7-2-3-10-19(16)24(29)25-18-9-6-8-17(15-18)13-14-22(28)23-26-20-11-4-5-12-21(20)27-23/h2-15H,1H3,(H,25,29)(H,26,27)/b14-13+. The molecule has 4 rings (SSSR count). The molecule has 0 aliphatic carbocycles. The van der Waals surface area contributed by atoms with Crippen LogP contribution < -0.4 is 5.32 Å². The molecule has 0 aliphatic heterocycles. The zero-order valence-electron chi connectivity index (χ0n) is 15.8. The van der Waals surface area contributed by atoms with Crippen molar-refractivity contribution in [3.05, 3.63) is 101 Å². The summed E-state index contributed by atoms with van der Waals surface area (Å²) in [4.78, 5) is 32.2. The maximum atomic E-state index is 12.5. The van der Waals surface area contributed by atoms with Crippen molar-refractivity contribution in [3.8, 4) is 0 Å². The number of carbonyl (C=O) groups is 2. The van der Waals surface area contributed by atoms with Gasteiger partial charge in [0.05, 0.1) is 11.0 Å². The fourth-order valence-corrected chi connectivity index (χ4v) is 3.07. The number of aromatic amines is 1. The van der Waals surface area contributed by atoms with Gasteiger partial charge < -0.3 is 10.3 Å². The van der Waals surface area contributed by atoms with E-state index in [9.17, 15) is 9.59 Å². The summed E-state index contributed by atoms with van der Waals surface area (Å²) in [7, 11) is 0. The van der Waals surface area contributed by atoms with E-state index in [4.69, 9.17) is 0 Å². The smallest absolute Gasteiger partial charge is 0.255 e. The van der Waals surface area contributed by atoms with Crippen molar-refractivity contribution in [1.29, 1.82) is 0 Å². The molecule has 142 valence electrons. The lowest BCUT2D eigenvalue weighted by atomic mass is 10.1. The molecule has 5 nitrogen and oxygen atoms in total. The highest BCUT2D eigenvalue weighted by Gasteiger charge is 2.10. The number of fused-ring (bicyclic) bond motifs is 1. The van der Waals surface area contributed by atoms with E-state index < -0.39 is 0 Å². The van der Waals surface area contributed by atoms with Crippen molar-refractivity contribution >= 4 is 34.5 Å². The number of carbonyl (C=O) groups excluding carboxylic acids is 2. The lowest BCUT2D eigenvalue weighted by molar-refractivity contribution is 0.102. The van der Waals surface area contributed by atoms with Crippen LogP contribution in [0.2, 0.25) is 0 Å². The molecule has 0 bridgehead atoms. The largest absolute Gasteiger partial charge is 0.335 e. The van der Waals surface area contributed by atoms with Gasteiger partial charge in [-0.15, -0.1) is 0 Å². The number of ketones is 1. The number of allylic oxidation sites excluding steroid dienone is 1. The molecule has 0 unspecified atom stereocenters. The summed E-state index contributed by atoms with van der Waals surface area (Å²) in [6.45, 7) is 1.90. The summed E-state index contributed by atoms with van der Waals surface area (Å²) in [6, 6.07) is 22.3. The van der Waals surface area contributed by atoms with E-state index >= 15 is 0 Å². The quantitative estimate of drug-likeness (QED) is 0.376. The summed E-state index contributed by atoms with van der Waals surface area (Å²) >= 11 is 0. The Bertz CT molecular complexity index is 1200. The van der Waals surface area contributed by atoms with E-state index in [1.165, 1.54) is 6.08 Å². The molecule has 5 heteroatoms. The maximum absolute atomic E-state index is 12.5. The Balaban J connectivity index is 1.49. The topological polar surface area (TPSA) is 74.8 Å². The minimum Gasteiger partial charge on any atom is -0.335 e. The third kappa shape index (κ3) is 4.14. The number of hydrogen-bond donors (Lipinski definition) is 2. The Hall–Kier alpha value is -3.99. The first-order valence-corrected chi connectivity index (χ1v) is 9.24. The summed E-state index contributed by atoms with van der Waals surface area (Å²) in [5.74, 6) is -0.0791. The van der Waals surface area contributed by atoms with Crippen LogP contribution in [0.15, 0.2) is 78.9 Å². The number of nitrogens with zero attached hydrogens (tertiary/aromatic N) is 1. The Kier molecular flexibility index (Phi) is 5.03. The van der Waals surface area contributed by atoms with Crippen LogP contribution in [0.25, 0.3) is 17.1 Å². The Morgan fingerprint density at radius 2 is 1.76 bits per heavy atom. The second kappa shape index (κ2) is 7.94. The van der Waals surface area contributed by atoms with Crippen LogP contribution in [-0.4, -0.2) is 21.7 Å². The van der Waals surface area contributed by atoms with E-state index in [2.05, 4.69) is 15.3 Å². The van der Waals surface area contributed by atoms with Crippen LogP contribution in [0.5, 0.6) is 0 Å². The Morgan fingerprint density at radius 3 is 2.59 bits per heavy atom. The van der Waals surface area contributed by atoms with E-state index in [0.29, 0.717) is 17.1 Å². The Morgan fingerprint density at radius 1 is 0.966 bits per heavy atom. The minimum atomic E-state index is -0.212. The Labute approximate surface area is 168 Å². The van der Waals surface area contributed by atoms with Crippen LogP contribution in [-0.2, 0) is 0 Å². The molecular weight excluding hydrogens is 362 g/mol. The van der Waals surface area contributed by atoms with Crippen molar-refractivity contribution < 1.29 is 9.59 Å². The van der Waals surface area contributed by atoms with Crippen LogP contribution in [0.4, 0.5) is 5.69 Å². The normalized spacial score (nSPS) is 11.1. The molecule has 2 N–H and O–H groups in total. The minimum absolute atomic E-state index is 0.164. The molecule has 3 aromatic carbocycles. The summed E-state index contributed by atoms with van der Waals surface area (Å²) in [5, 5.41) is 2.90. The van der Waals surface area contributed by atoms with Gasteiger partial charge in [-0.25, -0.2) is 4.98 Å². The second-order valence-corrected chi connectivity index (χ2v) is 6.69. The van der Waals surface area contributed by atoms with Gasteiger partial charge in [0.15, 0.2) is 5.82 Å². The number of imidazole rings is 1. The SMILES string of the molecule is Cc1ccccc1C(=O)Nc1cccc(/C=C/C(=O)c2nc3ccccc3[nH]2)c1. The number of para-hydroxylation sites is 2. The van der Waals surface area contributed by atoms with Gasteiger partial charge in [0.2, 0.25) is 5.78 Å². The van der Waals surface area contributed by atoms with E-state index in [1.54, 1.807) is 12.1 Å². The molecular formula is C24H19N3O2. The van der Waals surface area contributed by atoms with Crippen molar-refractivity contribution in [3.63, 3.8) is 0 Å². The first kappa shape index (κ1) is 18.4. The molecule has 0 aliphatic rings. The molecule has 0 saturated carbocycles. The number of rotatable bonds is 5. The van der Waals surface area contributed by atoms with Crippen molar-refractivity contribution in [2.24, 2.45) is 0 Å². The fraction of sp³-hybridized carbons (Fsp3) is 0.0417. The summed E-state index contributed by atoms with van der Waals surface area (Å²) in [6.07, 6.45) is 3.18. The van der Waals surface area contributed by atoms with Crippen LogP contribution in [0, 0.1) is 6.92 Å². The van der Waals surface area contributed by atoms with Gasteiger partial charge in [-0.1, -0.05) is 48.5 Å². The molecule has 0 radical (unpaired) electrons. The molecule has 0 atom stereocenters. The highest BCUT2D eigenvalue weighted by atomic mass is 16.1. The third-order valence-corrected chi connectivity index (χ3v) is 4.58. The number of nitrogens with one attached hydrogen (secondary N) is 2. The van der Waals surface area contributed by atoms with Crippen molar-refractivity contribution in [2.45, 2.75) is 6.92 Å². The van der Waals surface area contributed by atoms with Crippen LogP contribution in [0.1, 0.15) is 32.1 Å². The first-order chi connectivity index (χ1) is 14.1. The average molecular weight is 381 g/mol. The number of benzene rings is 3. The predicted molar refractivity (Wildman–Crippen MR) is 115 cm³/mol. The second-order valence-electron chi connectivity index (χ2n) is 6.69. The zero-order valence-corrected chi connectivity index (χ0v) is 15.8. The monoisotopic (exact) mass is 381 g/mol. The van der Waals surface area contributed by atoms with Gasteiger partial charge in [-0.3, -0.25) is 9.59 Å².